The quantitative estimate of drug-likeness (QED) is 0.304. The summed E-state index contributed by atoms with van der Waals surface area (Å²) in [5, 5.41) is 13.1. The molecule has 40 heavy (non-hydrogen) atoms. The van der Waals surface area contributed by atoms with Crippen LogP contribution in [-0.4, -0.2) is 50.9 Å². The number of benzene rings is 2. The van der Waals surface area contributed by atoms with Crippen molar-refractivity contribution in [2.75, 3.05) is 6.61 Å². The van der Waals surface area contributed by atoms with Gasteiger partial charge in [-0.05, 0) is 60.7 Å². The van der Waals surface area contributed by atoms with Gasteiger partial charge in [0.05, 0.1) is 0 Å². The van der Waals surface area contributed by atoms with Crippen molar-refractivity contribution in [1.29, 1.82) is 0 Å². The van der Waals surface area contributed by atoms with Crippen molar-refractivity contribution < 1.29 is 29.0 Å². The van der Waals surface area contributed by atoms with Gasteiger partial charge in [0.1, 0.15) is 30.4 Å². The average Bonchev–Trinajstić information content (AvgIpc) is 3.41. The van der Waals surface area contributed by atoms with Gasteiger partial charge in [-0.2, -0.15) is 0 Å². The SMILES string of the molecule is CC(C)(C)OC(=O)Cn1cc(CC(NC(=O)OCC2c3ccccc3-c3ccccc32)C(=O)O)c2cccnc21. The molecule has 0 saturated heterocycles. The molecular weight excluding hydrogens is 510 g/mol. The highest BCUT2D eigenvalue weighted by atomic mass is 16.6. The van der Waals surface area contributed by atoms with Crippen molar-refractivity contribution in [3.63, 3.8) is 0 Å². The molecule has 4 aromatic rings. The summed E-state index contributed by atoms with van der Waals surface area (Å²) < 4.78 is 12.6. The molecule has 0 saturated carbocycles. The summed E-state index contributed by atoms with van der Waals surface area (Å²) in [7, 11) is 0. The molecule has 1 unspecified atom stereocenters. The van der Waals surface area contributed by atoms with Crippen molar-refractivity contribution in [1.82, 2.24) is 14.9 Å². The first kappa shape index (κ1) is 26.9. The van der Waals surface area contributed by atoms with Gasteiger partial charge in [0.25, 0.3) is 0 Å². The van der Waals surface area contributed by atoms with Gasteiger partial charge in [-0.1, -0.05) is 48.5 Å². The number of esters is 1. The number of carbonyl (C=O) groups is 3. The third kappa shape index (κ3) is 5.68. The fourth-order valence-corrected chi connectivity index (χ4v) is 5.19. The van der Waals surface area contributed by atoms with Crippen molar-refractivity contribution in [3.05, 3.63) is 89.7 Å². The van der Waals surface area contributed by atoms with E-state index in [-0.39, 0.29) is 25.5 Å². The largest absolute Gasteiger partial charge is 0.480 e. The number of aromatic nitrogens is 2. The molecule has 9 heteroatoms. The summed E-state index contributed by atoms with van der Waals surface area (Å²) in [6, 6.07) is 18.3. The fraction of sp³-hybridized carbons (Fsp3) is 0.290. The first-order valence-corrected chi connectivity index (χ1v) is 13.1. The van der Waals surface area contributed by atoms with Crippen LogP contribution in [-0.2, 0) is 32.0 Å². The van der Waals surface area contributed by atoms with E-state index in [9.17, 15) is 19.5 Å². The van der Waals surface area contributed by atoms with Gasteiger partial charge < -0.3 is 24.5 Å². The molecule has 206 valence electrons. The lowest BCUT2D eigenvalue weighted by Crippen LogP contribution is -2.42. The van der Waals surface area contributed by atoms with Crippen LogP contribution in [0, 0.1) is 0 Å². The molecule has 2 aromatic carbocycles. The smallest absolute Gasteiger partial charge is 0.407 e. The first-order valence-electron chi connectivity index (χ1n) is 13.1. The van der Waals surface area contributed by atoms with Gasteiger partial charge in [0.15, 0.2) is 0 Å². The lowest BCUT2D eigenvalue weighted by Gasteiger charge is -2.19. The first-order chi connectivity index (χ1) is 19.1. The second-order valence-corrected chi connectivity index (χ2v) is 10.8. The molecule has 0 bridgehead atoms. The molecule has 5 rings (SSSR count). The Hall–Kier alpha value is -4.66. The Morgan fingerprint density at radius 3 is 2.27 bits per heavy atom. The fourth-order valence-electron chi connectivity index (χ4n) is 5.19. The number of carbonyl (C=O) groups excluding carboxylic acids is 2. The number of amides is 1. The minimum Gasteiger partial charge on any atom is -0.480 e. The molecular formula is C31H31N3O6. The number of nitrogens with zero attached hydrogens (tertiary/aromatic N) is 2. The van der Waals surface area contributed by atoms with Crippen molar-refractivity contribution in [2.24, 2.45) is 0 Å². The molecule has 1 atom stereocenters. The molecule has 1 aliphatic carbocycles. The zero-order chi connectivity index (χ0) is 28.4. The Labute approximate surface area is 231 Å². The normalized spacial score (nSPS) is 13.4. The van der Waals surface area contributed by atoms with Gasteiger partial charge in [0, 0.05) is 30.1 Å². The lowest BCUT2D eigenvalue weighted by atomic mass is 9.98. The van der Waals surface area contributed by atoms with Gasteiger partial charge in [-0.15, -0.1) is 0 Å². The van der Waals surface area contributed by atoms with E-state index in [1.807, 2.05) is 48.5 Å². The van der Waals surface area contributed by atoms with Gasteiger partial charge in [0.2, 0.25) is 0 Å². The highest BCUT2D eigenvalue weighted by molar-refractivity contribution is 5.85. The third-order valence-corrected chi connectivity index (χ3v) is 6.79. The standard InChI is InChI=1S/C31H31N3O6/c1-31(2,3)40-27(35)17-34-16-19(20-13-8-14-32-28(20)34)15-26(29(36)37)33-30(38)39-18-25-23-11-6-4-9-21(23)22-10-5-7-12-24(22)25/h4-14,16,25-26H,15,17-18H2,1-3H3,(H,33,38)(H,36,37). The maximum Gasteiger partial charge on any atom is 0.407 e. The number of rotatable bonds is 8. The maximum absolute atomic E-state index is 12.8. The number of alkyl carbamates (subject to hydrolysis) is 1. The zero-order valence-electron chi connectivity index (χ0n) is 22.6. The van der Waals surface area contributed by atoms with E-state index in [4.69, 9.17) is 9.47 Å². The van der Waals surface area contributed by atoms with Crippen LogP contribution in [0.5, 0.6) is 0 Å². The Morgan fingerprint density at radius 2 is 1.65 bits per heavy atom. The Morgan fingerprint density at radius 1 is 1.00 bits per heavy atom. The monoisotopic (exact) mass is 541 g/mol. The minimum atomic E-state index is -1.25. The molecule has 1 amide bonds. The van der Waals surface area contributed by atoms with Gasteiger partial charge >= 0.3 is 18.0 Å². The molecule has 9 nitrogen and oxygen atoms in total. The number of nitrogens with one attached hydrogen (secondary N) is 1. The number of aliphatic carboxylic acids is 1. The predicted octanol–water partition coefficient (Wildman–Crippen LogP) is 4.91. The van der Waals surface area contributed by atoms with E-state index in [0.717, 1.165) is 22.3 Å². The molecule has 1 aliphatic rings. The molecule has 2 N–H and O–H groups in total. The van der Waals surface area contributed by atoms with Crippen LogP contribution in [0.15, 0.2) is 73.1 Å². The third-order valence-electron chi connectivity index (χ3n) is 6.79. The predicted molar refractivity (Wildman–Crippen MR) is 149 cm³/mol. The topological polar surface area (TPSA) is 120 Å². The summed E-state index contributed by atoms with van der Waals surface area (Å²) in [5.74, 6) is -1.78. The summed E-state index contributed by atoms with van der Waals surface area (Å²) in [6.07, 6.45) is 2.44. The van der Waals surface area contributed by atoms with Crippen LogP contribution >= 0.6 is 0 Å². The van der Waals surface area contributed by atoms with Crippen LogP contribution in [0.1, 0.15) is 43.4 Å². The van der Waals surface area contributed by atoms with Gasteiger partial charge in [-0.3, -0.25) is 4.79 Å². The summed E-state index contributed by atoms with van der Waals surface area (Å²) in [5.41, 5.74) is 4.84. The number of hydrogen-bond acceptors (Lipinski definition) is 6. The highest BCUT2D eigenvalue weighted by Gasteiger charge is 2.30. The Bertz CT molecular complexity index is 1540. The van der Waals surface area contributed by atoms with E-state index in [1.165, 1.54) is 0 Å². The van der Waals surface area contributed by atoms with E-state index < -0.39 is 29.7 Å². The summed E-state index contributed by atoms with van der Waals surface area (Å²) in [4.78, 5) is 41.8. The van der Waals surface area contributed by atoms with E-state index >= 15 is 0 Å². The Kier molecular flexibility index (Phi) is 7.30. The average molecular weight is 542 g/mol. The van der Waals surface area contributed by atoms with Crippen LogP contribution < -0.4 is 5.32 Å². The van der Waals surface area contributed by atoms with Crippen molar-refractivity contribution >= 4 is 29.1 Å². The number of fused-ring (bicyclic) bond motifs is 4. The molecule has 0 fully saturated rings. The second-order valence-electron chi connectivity index (χ2n) is 10.8. The number of ether oxygens (including phenoxy) is 2. The van der Waals surface area contributed by atoms with Crippen molar-refractivity contribution in [3.8, 4) is 11.1 Å². The zero-order valence-corrected chi connectivity index (χ0v) is 22.6. The maximum atomic E-state index is 12.8. The number of carboxylic acids is 1. The second kappa shape index (κ2) is 10.8. The van der Waals surface area contributed by atoms with E-state index in [1.54, 1.807) is 49.9 Å². The van der Waals surface area contributed by atoms with Crippen LogP contribution in [0.4, 0.5) is 4.79 Å². The number of hydrogen-bond donors (Lipinski definition) is 2. The molecule has 0 radical (unpaired) electrons. The van der Waals surface area contributed by atoms with Gasteiger partial charge in [-0.25, -0.2) is 14.6 Å². The summed E-state index contributed by atoms with van der Waals surface area (Å²) >= 11 is 0. The number of carboxylic acid groups (broad SMARTS) is 1. The highest BCUT2D eigenvalue weighted by Crippen LogP contribution is 2.44. The molecule has 2 heterocycles. The van der Waals surface area contributed by atoms with Crippen molar-refractivity contribution in [2.45, 2.75) is 51.3 Å². The molecule has 0 spiro atoms. The van der Waals surface area contributed by atoms with Crippen LogP contribution in [0.3, 0.4) is 0 Å². The van der Waals surface area contributed by atoms with Crippen LogP contribution in [0.25, 0.3) is 22.2 Å². The van der Waals surface area contributed by atoms with E-state index in [0.29, 0.717) is 16.6 Å². The minimum absolute atomic E-state index is 0.0248. The summed E-state index contributed by atoms with van der Waals surface area (Å²) in [6.45, 7) is 5.35. The van der Waals surface area contributed by atoms with E-state index in [2.05, 4.69) is 10.3 Å². The van der Waals surface area contributed by atoms with Crippen LogP contribution in [0.2, 0.25) is 0 Å². The Balaban J connectivity index is 1.29. The lowest BCUT2D eigenvalue weighted by molar-refractivity contribution is -0.155. The number of pyridine rings is 1. The molecule has 2 aromatic heterocycles. The molecule has 0 aliphatic heterocycles.